The minimum atomic E-state index is -0.470. The van der Waals surface area contributed by atoms with Gasteiger partial charge in [0.15, 0.2) is 0 Å². The summed E-state index contributed by atoms with van der Waals surface area (Å²) in [5, 5.41) is 15.2. The Morgan fingerprint density at radius 2 is 1.56 bits per heavy atom. The molecule has 1 N–H and O–H groups in total. The lowest BCUT2D eigenvalue weighted by molar-refractivity contribution is -0.384. The van der Waals surface area contributed by atoms with Gasteiger partial charge >= 0.3 is 0 Å². The zero-order valence-corrected chi connectivity index (χ0v) is 19.9. The molecule has 34 heavy (non-hydrogen) atoms. The number of rotatable bonds is 5. The van der Waals surface area contributed by atoms with Gasteiger partial charge in [-0.25, -0.2) is 0 Å². The molecule has 2 amide bonds. The van der Waals surface area contributed by atoms with Crippen molar-refractivity contribution < 1.29 is 14.5 Å². The second kappa shape index (κ2) is 10.3. The molecule has 2 aromatic rings. The zero-order chi connectivity index (χ0) is 24.2. The van der Waals surface area contributed by atoms with Crippen LogP contribution in [-0.4, -0.2) is 60.9 Å². The van der Waals surface area contributed by atoms with E-state index in [0.717, 1.165) is 31.6 Å². The molecule has 0 saturated carbocycles. The highest BCUT2D eigenvalue weighted by molar-refractivity contribution is 6.31. The summed E-state index contributed by atoms with van der Waals surface area (Å²) in [6.07, 6.45) is 3.36. The van der Waals surface area contributed by atoms with Gasteiger partial charge in [0, 0.05) is 62.8 Å². The SMILES string of the molecule is CC(=O)N1CCN(c2ccc(C(=O)Nc3cc(Cl)ccc3N3CCCCC3)cc2[N+](=O)[O-])CC1. The van der Waals surface area contributed by atoms with E-state index in [4.69, 9.17) is 11.6 Å². The number of amides is 2. The monoisotopic (exact) mass is 485 g/mol. The summed E-state index contributed by atoms with van der Waals surface area (Å²) < 4.78 is 0. The number of nitro groups is 1. The predicted molar refractivity (Wildman–Crippen MR) is 133 cm³/mol. The van der Waals surface area contributed by atoms with Gasteiger partial charge in [0.25, 0.3) is 11.6 Å². The molecule has 10 heteroatoms. The maximum Gasteiger partial charge on any atom is 0.293 e. The summed E-state index contributed by atoms with van der Waals surface area (Å²) in [6, 6.07) is 9.93. The Kier molecular flexibility index (Phi) is 7.21. The molecule has 0 bridgehead atoms. The van der Waals surface area contributed by atoms with E-state index in [9.17, 15) is 19.7 Å². The largest absolute Gasteiger partial charge is 0.370 e. The molecular weight excluding hydrogens is 458 g/mol. The van der Waals surface area contributed by atoms with Crippen LogP contribution in [0.3, 0.4) is 0 Å². The van der Waals surface area contributed by atoms with Crippen molar-refractivity contribution in [3.05, 3.63) is 57.1 Å². The lowest BCUT2D eigenvalue weighted by Crippen LogP contribution is -2.48. The van der Waals surface area contributed by atoms with E-state index in [2.05, 4.69) is 10.2 Å². The number of piperidine rings is 1. The molecule has 0 radical (unpaired) electrons. The van der Waals surface area contributed by atoms with Crippen LogP contribution in [0.5, 0.6) is 0 Å². The molecule has 2 saturated heterocycles. The van der Waals surface area contributed by atoms with Crippen LogP contribution in [0.4, 0.5) is 22.7 Å². The first-order valence-electron chi connectivity index (χ1n) is 11.5. The molecule has 0 aromatic heterocycles. The molecule has 4 rings (SSSR count). The van der Waals surface area contributed by atoms with Crippen molar-refractivity contribution in [2.24, 2.45) is 0 Å². The third-order valence-electron chi connectivity index (χ3n) is 6.40. The minimum absolute atomic E-state index is 0.00823. The Balaban J connectivity index is 1.55. The molecule has 2 fully saturated rings. The highest BCUT2D eigenvalue weighted by Crippen LogP contribution is 2.33. The molecule has 2 aromatic carbocycles. The fourth-order valence-corrected chi connectivity index (χ4v) is 4.73. The van der Waals surface area contributed by atoms with E-state index in [-0.39, 0.29) is 17.2 Å². The van der Waals surface area contributed by atoms with E-state index in [1.165, 1.54) is 19.4 Å². The molecule has 2 aliphatic rings. The Morgan fingerprint density at radius 1 is 0.912 bits per heavy atom. The number of nitro benzene ring substituents is 1. The van der Waals surface area contributed by atoms with E-state index < -0.39 is 10.8 Å². The van der Waals surface area contributed by atoms with Gasteiger partial charge < -0.3 is 20.0 Å². The van der Waals surface area contributed by atoms with Gasteiger partial charge in [0.1, 0.15) is 5.69 Å². The Morgan fingerprint density at radius 3 is 2.21 bits per heavy atom. The van der Waals surface area contributed by atoms with Gasteiger partial charge in [-0.15, -0.1) is 0 Å². The molecule has 2 heterocycles. The smallest absolute Gasteiger partial charge is 0.293 e. The lowest BCUT2D eigenvalue weighted by Gasteiger charge is -2.35. The summed E-state index contributed by atoms with van der Waals surface area (Å²) in [6.45, 7) is 5.32. The minimum Gasteiger partial charge on any atom is -0.370 e. The van der Waals surface area contributed by atoms with E-state index in [1.54, 1.807) is 29.2 Å². The van der Waals surface area contributed by atoms with Crippen molar-refractivity contribution >= 4 is 46.2 Å². The first kappa shape index (κ1) is 23.8. The number of halogens is 1. The fraction of sp³-hybridized carbons (Fsp3) is 0.417. The van der Waals surface area contributed by atoms with Crippen LogP contribution < -0.4 is 15.1 Å². The van der Waals surface area contributed by atoms with E-state index >= 15 is 0 Å². The van der Waals surface area contributed by atoms with Crippen LogP contribution in [0.2, 0.25) is 5.02 Å². The van der Waals surface area contributed by atoms with Crippen molar-refractivity contribution in [2.45, 2.75) is 26.2 Å². The van der Waals surface area contributed by atoms with Gasteiger partial charge in [0.05, 0.1) is 16.3 Å². The average Bonchev–Trinajstić information content (AvgIpc) is 2.84. The lowest BCUT2D eigenvalue weighted by atomic mass is 10.1. The zero-order valence-electron chi connectivity index (χ0n) is 19.1. The maximum atomic E-state index is 13.1. The average molecular weight is 486 g/mol. The van der Waals surface area contributed by atoms with E-state index in [1.807, 2.05) is 11.0 Å². The Labute approximate surface area is 203 Å². The number of hydrogen-bond donors (Lipinski definition) is 1. The van der Waals surface area contributed by atoms with Gasteiger partial charge in [0.2, 0.25) is 5.91 Å². The second-order valence-electron chi connectivity index (χ2n) is 8.62. The molecule has 180 valence electrons. The van der Waals surface area contributed by atoms with Crippen molar-refractivity contribution in [3.63, 3.8) is 0 Å². The van der Waals surface area contributed by atoms with Gasteiger partial charge in [-0.05, 0) is 49.6 Å². The number of anilines is 3. The molecule has 2 aliphatic heterocycles. The normalized spacial score (nSPS) is 16.4. The first-order chi connectivity index (χ1) is 16.3. The molecule has 0 atom stereocenters. The van der Waals surface area contributed by atoms with Crippen LogP contribution >= 0.6 is 11.6 Å². The number of hydrogen-bond acceptors (Lipinski definition) is 6. The van der Waals surface area contributed by atoms with Crippen molar-refractivity contribution in [1.29, 1.82) is 0 Å². The highest BCUT2D eigenvalue weighted by Gasteiger charge is 2.26. The molecule has 0 unspecified atom stereocenters. The molecule has 9 nitrogen and oxygen atoms in total. The first-order valence-corrected chi connectivity index (χ1v) is 11.9. The van der Waals surface area contributed by atoms with Crippen LogP contribution in [-0.2, 0) is 4.79 Å². The number of carbonyl (C=O) groups excluding carboxylic acids is 2. The summed E-state index contributed by atoms with van der Waals surface area (Å²) in [7, 11) is 0. The van der Waals surface area contributed by atoms with Crippen LogP contribution in [0.1, 0.15) is 36.5 Å². The maximum absolute atomic E-state index is 13.1. The summed E-state index contributed by atoms with van der Waals surface area (Å²) in [5.74, 6) is -0.442. The fourth-order valence-electron chi connectivity index (χ4n) is 4.55. The number of piperazine rings is 1. The van der Waals surface area contributed by atoms with Gasteiger partial charge in [-0.3, -0.25) is 19.7 Å². The highest BCUT2D eigenvalue weighted by atomic mass is 35.5. The van der Waals surface area contributed by atoms with Crippen LogP contribution in [0.25, 0.3) is 0 Å². The van der Waals surface area contributed by atoms with Crippen LogP contribution in [0, 0.1) is 10.1 Å². The van der Waals surface area contributed by atoms with Crippen molar-refractivity contribution in [2.75, 3.05) is 54.4 Å². The second-order valence-corrected chi connectivity index (χ2v) is 9.05. The number of nitrogens with one attached hydrogen (secondary N) is 1. The molecule has 0 aliphatic carbocycles. The van der Waals surface area contributed by atoms with Crippen molar-refractivity contribution in [1.82, 2.24) is 4.90 Å². The predicted octanol–water partition coefficient (Wildman–Crippen LogP) is 4.16. The van der Waals surface area contributed by atoms with Crippen LogP contribution in [0.15, 0.2) is 36.4 Å². The summed E-state index contributed by atoms with van der Waals surface area (Å²) in [4.78, 5) is 41.8. The van der Waals surface area contributed by atoms with Gasteiger partial charge in [-0.2, -0.15) is 0 Å². The summed E-state index contributed by atoms with van der Waals surface area (Å²) in [5.41, 5.74) is 1.99. The number of benzene rings is 2. The summed E-state index contributed by atoms with van der Waals surface area (Å²) >= 11 is 6.20. The Hall–Kier alpha value is -3.33. The quantitative estimate of drug-likeness (QED) is 0.504. The molecular formula is C24H28ClN5O4. The topological polar surface area (TPSA) is 99.0 Å². The number of nitrogens with zero attached hydrogens (tertiary/aromatic N) is 4. The Bertz CT molecular complexity index is 1090. The molecule has 0 spiro atoms. The third kappa shape index (κ3) is 5.25. The van der Waals surface area contributed by atoms with Crippen molar-refractivity contribution in [3.8, 4) is 0 Å². The number of carbonyl (C=O) groups is 2. The third-order valence-corrected chi connectivity index (χ3v) is 6.64. The van der Waals surface area contributed by atoms with Gasteiger partial charge in [-0.1, -0.05) is 11.6 Å². The standard InChI is InChI=1S/C24H28ClN5O4/c1-17(31)27-11-13-29(14-12-27)22-7-5-18(15-23(22)30(33)34)24(32)26-20-16-19(25)6-8-21(20)28-9-3-2-4-10-28/h5-8,15-16H,2-4,9-14H2,1H3,(H,26,32). The van der Waals surface area contributed by atoms with E-state index in [0.29, 0.717) is 42.6 Å².